The van der Waals surface area contributed by atoms with E-state index in [2.05, 4.69) is 6.07 Å². The lowest BCUT2D eigenvalue weighted by molar-refractivity contribution is 0.593. The van der Waals surface area contributed by atoms with Gasteiger partial charge in [0.1, 0.15) is 5.82 Å². The van der Waals surface area contributed by atoms with E-state index in [1.807, 2.05) is 44.2 Å². The van der Waals surface area contributed by atoms with E-state index in [1.165, 1.54) is 17.3 Å². The largest absolute Gasteiger partial charge is 0.327 e. The minimum atomic E-state index is -0.169. The fourth-order valence-corrected chi connectivity index (χ4v) is 2.94. The number of benzene rings is 2. The lowest BCUT2D eigenvalue weighted by atomic mass is 10.0. The van der Waals surface area contributed by atoms with Crippen LogP contribution >= 0.6 is 11.8 Å². The average Bonchev–Trinajstić information content (AvgIpc) is 2.42. The van der Waals surface area contributed by atoms with Gasteiger partial charge in [0.2, 0.25) is 0 Å². The predicted octanol–water partition coefficient (Wildman–Crippen LogP) is 4.57. The molecule has 0 aliphatic carbocycles. The molecule has 0 saturated carbocycles. The summed E-state index contributed by atoms with van der Waals surface area (Å²) in [5, 5.41) is 0. The second-order valence-corrected chi connectivity index (χ2v) is 6.17. The van der Waals surface area contributed by atoms with Crippen molar-refractivity contribution in [3.05, 3.63) is 59.4 Å². The molecule has 0 heterocycles. The van der Waals surface area contributed by atoms with Gasteiger partial charge in [-0.15, -0.1) is 0 Å². The highest BCUT2D eigenvalue weighted by atomic mass is 32.2. The summed E-state index contributed by atoms with van der Waals surface area (Å²) in [4.78, 5) is 1.71. The Hall–Kier alpha value is -1.32. The van der Waals surface area contributed by atoms with Crippen LogP contribution in [0.2, 0.25) is 0 Å². The average molecular weight is 289 g/mol. The van der Waals surface area contributed by atoms with Crippen LogP contribution in [0.25, 0.3) is 0 Å². The summed E-state index contributed by atoms with van der Waals surface area (Å²) in [5.74, 6) is -0.169. The number of hydrogen-bond acceptors (Lipinski definition) is 2. The molecule has 0 radical (unpaired) electrons. The molecule has 0 fully saturated rings. The Morgan fingerprint density at radius 1 is 1.20 bits per heavy atom. The summed E-state index contributed by atoms with van der Waals surface area (Å²) in [6, 6.07) is 13.6. The smallest absolute Gasteiger partial charge is 0.137 e. The highest BCUT2D eigenvalue weighted by Crippen LogP contribution is 2.30. The highest BCUT2D eigenvalue weighted by Gasteiger charge is 2.08. The molecule has 2 rings (SSSR count). The standard InChI is InChI=1S/C17H20FNS/c1-3-14(19)10-13-7-8-17(16(18)11-13)20-15-6-4-5-12(2)9-15/h4-9,11,14H,3,10,19H2,1-2H3. The molecule has 0 aromatic heterocycles. The van der Waals surface area contributed by atoms with E-state index in [0.717, 1.165) is 23.3 Å². The Balaban J connectivity index is 2.13. The maximum absolute atomic E-state index is 14.1. The van der Waals surface area contributed by atoms with Crippen molar-refractivity contribution in [3.8, 4) is 0 Å². The maximum atomic E-state index is 14.1. The van der Waals surface area contributed by atoms with Crippen molar-refractivity contribution in [2.24, 2.45) is 5.73 Å². The van der Waals surface area contributed by atoms with Crippen molar-refractivity contribution in [2.75, 3.05) is 0 Å². The monoisotopic (exact) mass is 289 g/mol. The molecule has 3 heteroatoms. The second-order valence-electron chi connectivity index (χ2n) is 5.06. The second kappa shape index (κ2) is 6.91. The van der Waals surface area contributed by atoms with Crippen LogP contribution in [0, 0.1) is 12.7 Å². The Morgan fingerprint density at radius 2 is 2.00 bits per heavy atom. The van der Waals surface area contributed by atoms with Crippen molar-refractivity contribution in [1.29, 1.82) is 0 Å². The number of halogens is 1. The lowest BCUT2D eigenvalue weighted by Gasteiger charge is -2.10. The summed E-state index contributed by atoms with van der Waals surface area (Å²) in [7, 11) is 0. The summed E-state index contributed by atoms with van der Waals surface area (Å²) >= 11 is 1.46. The lowest BCUT2D eigenvalue weighted by Crippen LogP contribution is -2.21. The molecule has 20 heavy (non-hydrogen) atoms. The van der Waals surface area contributed by atoms with E-state index < -0.39 is 0 Å². The van der Waals surface area contributed by atoms with Gasteiger partial charge in [-0.25, -0.2) is 4.39 Å². The van der Waals surface area contributed by atoms with Crippen LogP contribution in [0.1, 0.15) is 24.5 Å². The molecule has 2 aromatic rings. The summed E-state index contributed by atoms with van der Waals surface area (Å²) < 4.78 is 14.1. The Kier molecular flexibility index (Phi) is 5.21. The van der Waals surface area contributed by atoms with Gasteiger partial charge in [0.05, 0.1) is 0 Å². The van der Waals surface area contributed by atoms with Crippen LogP contribution in [0.5, 0.6) is 0 Å². The molecule has 0 amide bonds. The highest BCUT2D eigenvalue weighted by molar-refractivity contribution is 7.99. The molecule has 1 atom stereocenters. The summed E-state index contributed by atoms with van der Waals surface area (Å²) in [6.07, 6.45) is 1.63. The minimum Gasteiger partial charge on any atom is -0.327 e. The minimum absolute atomic E-state index is 0.102. The molecule has 0 aliphatic heterocycles. The van der Waals surface area contributed by atoms with E-state index in [4.69, 9.17) is 5.73 Å². The molecule has 0 saturated heterocycles. The number of aryl methyl sites for hydroxylation is 1. The first-order valence-corrected chi connectivity index (χ1v) is 7.68. The molecule has 0 bridgehead atoms. The molecule has 0 aliphatic rings. The third-order valence-corrected chi connectivity index (χ3v) is 4.28. The topological polar surface area (TPSA) is 26.0 Å². The Morgan fingerprint density at radius 3 is 2.65 bits per heavy atom. The molecule has 0 spiro atoms. The normalized spacial score (nSPS) is 12.4. The van der Waals surface area contributed by atoms with Gasteiger partial charge in [-0.3, -0.25) is 0 Å². The molecular weight excluding hydrogens is 269 g/mol. The zero-order valence-electron chi connectivity index (χ0n) is 11.9. The van der Waals surface area contributed by atoms with Crippen molar-refractivity contribution < 1.29 is 4.39 Å². The van der Waals surface area contributed by atoms with Crippen LogP contribution in [0.3, 0.4) is 0 Å². The van der Waals surface area contributed by atoms with Gasteiger partial charge < -0.3 is 5.73 Å². The first-order chi connectivity index (χ1) is 9.58. The third-order valence-electron chi connectivity index (χ3n) is 3.24. The van der Waals surface area contributed by atoms with E-state index >= 15 is 0 Å². The van der Waals surface area contributed by atoms with Gasteiger partial charge in [0.25, 0.3) is 0 Å². The Labute approximate surface area is 124 Å². The van der Waals surface area contributed by atoms with E-state index in [0.29, 0.717) is 4.90 Å². The van der Waals surface area contributed by atoms with E-state index in [1.54, 1.807) is 6.07 Å². The number of rotatable bonds is 5. The van der Waals surface area contributed by atoms with Gasteiger partial charge in [0, 0.05) is 15.8 Å². The van der Waals surface area contributed by atoms with Crippen LogP contribution in [-0.4, -0.2) is 6.04 Å². The van der Waals surface area contributed by atoms with Crippen molar-refractivity contribution in [1.82, 2.24) is 0 Å². The molecule has 2 aromatic carbocycles. The van der Waals surface area contributed by atoms with Gasteiger partial charge in [-0.1, -0.05) is 42.4 Å². The van der Waals surface area contributed by atoms with Gasteiger partial charge in [-0.05, 0) is 49.6 Å². The molecular formula is C17H20FNS. The number of nitrogens with two attached hydrogens (primary N) is 1. The van der Waals surface area contributed by atoms with Gasteiger partial charge >= 0.3 is 0 Å². The van der Waals surface area contributed by atoms with Crippen LogP contribution in [-0.2, 0) is 6.42 Å². The van der Waals surface area contributed by atoms with Crippen LogP contribution < -0.4 is 5.73 Å². The van der Waals surface area contributed by atoms with E-state index in [9.17, 15) is 4.39 Å². The van der Waals surface area contributed by atoms with Crippen LogP contribution in [0.4, 0.5) is 4.39 Å². The predicted molar refractivity (Wildman–Crippen MR) is 83.7 cm³/mol. The summed E-state index contributed by atoms with van der Waals surface area (Å²) in [5.41, 5.74) is 8.05. The number of hydrogen-bond donors (Lipinski definition) is 1. The van der Waals surface area contributed by atoms with Crippen molar-refractivity contribution >= 4 is 11.8 Å². The van der Waals surface area contributed by atoms with E-state index in [-0.39, 0.29) is 11.9 Å². The summed E-state index contributed by atoms with van der Waals surface area (Å²) in [6.45, 7) is 4.08. The zero-order chi connectivity index (χ0) is 14.5. The van der Waals surface area contributed by atoms with Gasteiger partial charge in [-0.2, -0.15) is 0 Å². The maximum Gasteiger partial charge on any atom is 0.137 e. The first kappa shape index (κ1) is 15.1. The fourth-order valence-electron chi connectivity index (χ4n) is 2.01. The Bertz CT molecular complexity index is 583. The SMILES string of the molecule is CCC(N)Cc1ccc(Sc2cccc(C)c2)c(F)c1. The molecule has 2 N–H and O–H groups in total. The molecule has 1 nitrogen and oxygen atoms in total. The fraction of sp³-hybridized carbons (Fsp3) is 0.294. The quantitative estimate of drug-likeness (QED) is 0.873. The van der Waals surface area contributed by atoms with Crippen molar-refractivity contribution in [3.63, 3.8) is 0 Å². The van der Waals surface area contributed by atoms with Gasteiger partial charge in [0.15, 0.2) is 0 Å². The molecule has 106 valence electrons. The van der Waals surface area contributed by atoms with Crippen LogP contribution in [0.15, 0.2) is 52.3 Å². The van der Waals surface area contributed by atoms with Crippen molar-refractivity contribution in [2.45, 2.75) is 42.5 Å². The zero-order valence-corrected chi connectivity index (χ0v) is 12.7. The molecule has 1 unspecified atom stereocenters. The first-order valence-electron chi connectivity index (χ1n) is 6.87. The third kappa shape index (κ3) is 4.09.